The SMILES string of the molecule is CCCC(CC(C)(O)CC)C(=O)O. The zero-order valence-corrected chi connectivity index (χ0v) is 8.71. The van der Waals surface area contributed by atoms with Gasteiger partial charge in [0.2, 0.25) is 0 Å². The zero-order chi connectivity index (χ0) is 10.5. The molecule has 3 nitrogen and oxygen atoms in total. The topological polar surface area (TPSA) is 57.5 Å². The van der Waals surface area contributed by atoms with E-state index in [1.54, 1.807) is 6.92 Å². The normalized spacial score (nSPS) is 17.8. The van der Waals surface area contributed by atoms with Gasteiger partial charge in [0.25, 0.3) is 0 Å². The van der Waals surface area contributed by atoms with E-state index < -0.39 is 17.5 Å². The first-order chi connectivity index (χ1) is 5.93. The second-order valence-electron chi connectivity index (χ2n) is 3.88. The Hall–Kier alpha value is -0.570. The summed E-state index contributed by atoms with van der Waals surface area (Å²) < 4.78 is 0. The smallest absolute Gasteiger partial charge is 0.306 e. The molecule has 0 aliphatic heterocycles. The third-order valence-electron chi connectivity index (χ3n) is 2.43. The van der Waals surface area contributed by atoms with Gasteiger partial charge in [0.15, 0.2) is 0 Å². The van der Waals surface area contributed by atoms with Gasteiger partial charge in [0.1, 0.15) is 0 Å². The van der Waals surface area contributed by atoms with Crippen molar-refractivity contribution in [3.8, 4) is 0 Å². The summed E-state index contributed by atoms with van der Waals surface area (Å²) in [6.45, 7) is 5.51. The molecule has 3 heteroatoms. The second kappa shape index (κ2) is 5.22. The summed E-state index contributed by atoms with van der Waals surface area (Å²) >= 11 is 0. The maximum atomic E-state index is 10.8. The maximum absolute atomic E-state index is 10.8. The van der Waals surface area contributed by atoms with Crippen LogP contribution in [0, 0.1) is 5.92 Å². The Labute approximate surface area is 79.8 Å². The van der Waals surface area contributed by atoms with Crippen molar-refractivity contribution >= 4 is 5.97 Å². The molecule has 0 aliphatic rings. The quantitative estimate of drug-likeness (QED) is 0.670. The molecule has 78 valence electrons. The van der Waals surface area contributed by atoms with E-state index >= 15 is 0 Å². The summed E-state index contributed by atoms with van der Waals surface area (Å²) in [5.74, 6) is -1.20. The predicted octanol–water partition coefficient (Wildman–Crippen LogP) is 2.04. The highest BCUT2D eigenvalue weighted by Gasteiger charge is 2.27. The highest BCUT2D eigenvalue weighted by atomic mass is 16.4. The molecule has 2 N–H and O–H groups in total. The number of carboxylic acids is 1. The van der Waals surface area contributed by atoms with E-state index in [1.807, 2.05) is 13.8 Å². The van der Waals surface area contributed by atoms with Crippen LogP contribution in [-0.2, 0) is 4.79 Å². The van der Waals surface area contributed by atoms with Gasteiger partial charge in [-0.1, -0.05) is 20.3 Å². The molecule has 0 aromatic rings. The lowest BCUT2D eigenvalue weighted by Crippen LogP contribution is -2.30. The van der Waals surface area contributed by atoms with Crippen LogP contribution in [0.3, 0.4) is 0 Å². The molecule has 0 aromatic carbocycles. The third-order valence-corrected chi connectivity index (χ3v) is 2.43. The van der Waals surface area contributed by atoms with Crippen LogP contribution in [-0.4, -0.2) is 21.8 Å². The first-order valence-electron chi connectivity index (χ1n) is 4.88. The summed E-state index contributed by atoms with van der Waals surface area (Å²) in [4.78, 5) is 10.8. The molecule has 0 radical (unpaired) electrons. The number of rotatable bonds is 6. The minimum absolute atomic E-state index is 0.354. The van der Waals surface area contributed by atoms with Gasteiger partial charge in [-0.15, -0.1) is 0 Å². The molecule has 0 saturated carbocycles. The van der Waals surface area contributed by atoms with Crippen LogP contribution in [0.25, 0.3) is 0 Å². The first kappa shape index (κ1) is 12.4. The molecule has 0 amide bonds. The Morgan fingerprint density at radius 3 is 2.31 bits per heavy atom. The number of carbonyl (C=O) groups is 1. The van der Waals surface area contributed by atoms with Crippen LogP contribution in [0.2, 0.25) is 0 Å². The lowest BCUT2D eigenvalue weighted by molar-refractivity contribution is -0.144. The van der Waals surface area contributed by atoms with Gasteiger partial charge < -0.3 is 10.2 Å². The molecule has 0 bridgehead atoms. The van der Waals surface area contributed by atoms with Crippen molar-refractivity contribution in [2.24, 2.45) is 5.92 Å². The van der Waals surface area contributed by atoms with Crippen molar-refractivity contribution in [3.63, 3.8) is 0 Å². The van der Waals surface area contributed by atoms with E-state index in [4.69, 9.17) is 5.11 Å². The summed E-state index contributed by atoms with van der Waals surface area (Å²) in [6, 6.07) is 0. The standard InChI is InChI=1S/C10H20O3/c1-4-6-8(9(11)12)7-10(3,13)5-2/h8,13H,4-7H2,1-3H3,(H,11,12). The Morgan fingerprint density at radius 1 is 1.46 bits per heavy atom. The number of aliphatic hydroxyl groups is 1. The number of hydrogen-bond acceptors (Lipinski definition) is 2. The largest absolute Gasteiger partial charge is 0.481 e. The number of carboxylic acid groups (broad SMARTS) is 1. The van der Waals surface area contributed by atoms with Crippen molar-refractivity contribution in [2.45, 2.75) is 52.1 Å². The average molecular weight is 188 g/mol. The van der Waals surface area contributed by atoms with Gasteiger partial charge in [-0.2, -0.15) is 0 Å². The molecular formula is C10H20O3. The van der Waals surface area contributed by atoms with Crippen molar-refractivity contribution in [1.82, 2.24) is 0 Å². The third kappa shape index (κ3) is 4.88. The minimum atomic E-state index is -0.835. The van der Waals surface area contributed by atoms with Gasteiger partial charge in [0, 0.05) is 0 Å². The van der Waals surface area contributed by atoms with Gasteiger partial charge in [-0.25, -0.2) is 0 Å². The molecule has 0 rings (SSSR count). The Bertz CT molecular complexity index is 164. The zero-order valence-electron chi connectivity index (χ0n) is 8.71. The highest BCUT2D eigenvalue weighted by molar-refractivity contribution is 5.70. The van der Waals surface area contributed by atoms with Crippen LogP contribution < -0.4 is 0 Å². The van der Waals surface area contributed by atoms with Crippen molar-refractivity contribution < 1.29 is 15.0 Å². The summed E-state index contributed by atoms with van der Waals surface area (Å²) in [5.41, 5.74) is -0.835. The predicted molar refractivity (Wildman–Crippen MR) is 51.6 cm³/mol. The molecule has 2 unspecified atom stereocenters. The fraction of sp³-hybridized carbons (Fsp3) is 0.900. The molecule has 0 aliphatic carbocycles. The van der Waals surface area contributed by atoms with E-state index in [1.165, 1.54) is 0 Å². The molecule has 0 aromatic heterocycles. The van der Waals surface area contributed by atoms with Crippen LogP contribution in [0.4, 0.5) is 0 Å². The maximum Gasteiger partial charge on any atom is 0.306 e. The van der Waals surface area contributed by atoms with E-state index in [-0.39, 0.29) is 0 Å². The lowest BCUT2D eigenvalue weighted by Gasteiger charge is -2.24. The highest BCUT2D eigenvalue weighted by Crippen LogP contribution is 2.23. The summed E-state index contributed by atoms with van der Waals surface area (Å²) in [6.07, 6.45) is 2.44. The Kier molecular flexibility index (Phi) is 4.99. The van der Waals surface area contributed by atoms with Crippen LogP contribution in [0.1, 0.15) is 46.5 Å². The van der Waals surface area contributed by atoms with E-state index in [0.717, 1.165) is 6.42 Å². The van der Waals surface area contributed by atoms with E-state index in [0.29, 0.717) is 19.3 Å². The molecule has 0 spiro atoms. The molecule has 13 heavy (non-hydrogen) atoms. The van der Waals surface area contributed by atoms with Crippen molar-refractivity contribution in [2.75, 3.05) is 0 Å². The summed E-state index contributed by atoms with van der Waals surface area (Å²) in [5, 5.41) is 18.6. The van der Waals surface area contributed by atoms with E-state index in [2.05, 4.69) is 0 Å². The van der Waals surface area contributed by atoms with E-state index in [9.17, 15) is 9.90 Å². The molecular weight excluding hydrogens is 168 g/mol. The first-order valence-corrected chi connectivity index (χ1v) is 4.88. The van der Waals surface area contributed by atoms with Crippen molar-refractivity contribution in [1.29, 1.82) is 0 Å². The van der Waals surface area contributed by atoms with Crippen molar-refractivity contribution in [3.05, 3.63) is 0 Å². The molecule has 0 fully saturated rings. The monoisotopic (exact) mass is 188 g/mol. The molecule has 2 atom stereocenters. The fourth-order valence-corrected chi connectivity index (χ4v) is 1.34. The molecule has 0 heterocycles. The van der Waals surface area contributed by atoms with Crippen LogP contribution >= 0.6 is 0 Å². The Balaban J connectivity index is 4.17. The van der Waals surface area contributed by atoms with Crippen LogP contribution in [0.15, 0.2) is 0 Å². The number of hydrogen-bond donors (Lipinski definition) is 2. The van der Waals surface area contributed by atoms with Gasteiger partial charge in [0.05, 0.1) is 11.5 Å². The Morgan fingerprint density at radius 2 is 2.00 bits per heavy atom. The number of aliphatic carboxylic acids is 1. The van der Waals surface area contributed by atoms with Gasteiger partial charge in [-0.3, -0.25) is 4.79 Å². The second-order valence-corrected chi connectivity index (χ2v) is 3.88. The minimum Gasteiger partial charge on any atom is -0.481 e. The average Bonchev–Trinajstić information content (AvgIpc) is 2.03. The van der Waals surface area contributed by atoms with Gasteiger partial charge >= 0.3 is 5.97 Å². The lowest BCUT2D eigenvalue weighted by atomic mass is 9.87. The molecule has 0 saturated heterocycles. The fourth-order valence-electron chi connectivity index (χ4n) is 1.34. The van der Waals surface area contributed by atoms with Gasteiger partial charge in [-0.05, 0) is 26.2 Å². The van der Waals surface area contributed by atoms with Crippen LogP contribution in [0.5, 0.6) is 0 Å². The summed E-state index contributed by atoms with van der Waals surface area (Å²) in [7, 11) is 0.